The van der Waals surface area contributed by atoms with Crippen LogP contribution in [-0.2, 0) is 6.54 Å². The number of nitrogens with zero attached hydrogens (tertiary/aromatic N) is 3. The van der Waals surface area contributed by atoms with Crippen molar-refractivity contribution in [1.29, 1.82) is 0 Å². The molecule has 4 aromatic rings. The van der Waals surface area contributed by atoms with E-state index < -0.39 is 0 Å². The van der Waals surface area contributed by atoms with Crippen molar-refractivity contribution in [3.05, 3.63) is 90.8 Å². The summed E-state index contributed by atoms with van der Waals surface area (Å²) in [6.45, 7) is 0.591. The third-order valence-electron chi connectivity index (χ3n) is 4.35. The van der Waals surface area contributed by atoms with Gasteiger partial charge < -0.3 is 16.1 Å². The summed E-state index contributed by atoms with van der Waals surface area (Å²) in [5.74, 6) is 7.47. The Bertz CT molecular complexity index is 1050. The third kappa shape index (κ3) is 4.48. The fraction of sp³-hybridized carbons (Fsp3) is 0.0455. The van der Waals surface area contributed by atoms with Crippen LogP contribution >= 0.6 is 0 Å². The molecule has 7 heteroatoms. The van der Waals surface area contributed by atoms with Gasteiger partial charge in [-0.2, -0.15) is 9.97 Å². The Labute approximate surface area is 169 Å². The summed E-state index contributed by atoms with van der Waals surface area (Å²) < 4.78 is 0. The Morgan fingerprint density at radius 2 is 1.41 bits per heavy atom. The molecule has 2 aromatic carbocycles. The van der Waals surface area contributed by atoms with E-state index in [1.807, 2.05) is 72.8 Å². The number of aromatic nitrogens is 3. The van der Waals surface area contributed by atoms with Gasteiger partial charge in [-0.1, -0.05) is 48.5 Å². The molecule has 0 atom stereocenters. The molecule has 7 nitrogen and oxygen atoms in total. The van der Waals surface area contributed by atoms with Crippen LogP contribution in [-0.4, -0.2) is 15.0 Å². The first-order valence-corrected chi connectivity index (χ1v) is 9.22. The van der Waals surface area contributed by atoms with Crippen molar-refractivity contribution in [3.8, 4) is 11.1 Å². The second kappa shape index (κ2) is 8.81. The molecule has 144 valence electrons. The Morgan fingerprint density at radius 1 is 0.759 bits per heavy atom. The molecule has 0 fully saturated rings. The van der Waals surface area contributed by atoms with E-state index in [0.717, 1.165) is 22.4 Å². The number of nitrogen functional groups attached to an aromatic ring is 1. The van der Waals surface area contributed by atoms with Gasteiger partial charge in [-0.05, 0) is 35.4 Å². The maximum Gasteiger partial charge on any atom is 0.231 e. The molecule has 0 radical (unpaired) electrons. The average molecular weight is 383 g/mol. The molecule has 5 N–H and O–H groups in total. The smallest absolute Gasteiger partial charge is 0.231 e. The van der Waals surface area contributed by atoms with Crippen molar-refractivity contribution in [3.63, 3.8) is 0 Å². The zero-order valence-electron chi connectivity index (χ0n) is 15.7. The number of nitrogens with two attached hydrogens (primary N) is 1. The first-order valence-electron chi connectivity index (χ1n) is 9.22. The van der Waals surface area contributed by atoms with Gasteiger partial charge in [-0.3, -0.25) is 4.98 Å². The van der Waals surface area contributed by atoms with Gasteiger partial charge in [0.1, 0.15) is 5.82 Å². The average Bonchev–Trinajstić information content (AvgIpc) is 2.79. The molecule has 0 saturated carbocycles. The molecule has 2 heterocycles. The molecule has 0 bridgehead atoms. The van der Waals surface area contributed by atoms with Crippen LogP contribution in [0.1, 0.15) is 5.56 Å². The van der Waals surface area contributed by atoms with Crippen LogP contribution in [0.15, 0.2) is 85.2 Å². The zero-order valence-corrected chi connectivity index (χ0v) is 15.7. The molecule has 0 spiro atoms. The fourth-order valence-electron chi connectivity index (χ4n) is 2.96. The summed E-state index contributed by atoms with van der Waals surface area (Å²) in [7, 11) is 0. The number of nitrogens with one attached hydrogen (secondary N) is 3. The van der Waals surface area contributed by atoms with E-state index in [1.165, 1.54) is 0 Å². The van der Waals surface area contributed by atoms with Gasteiger partial charge in [-0.15, -0.1) is 0 Å². The highest BCUT2D eigenvalue weighted by atomic mass is 15.3. The topological polar surface area (TPSA) is 101 Å². The largest absolute Gasteiger partial charge is 0.365 e. The van der Waals surface area contributed by atoms with Crippen LogP contribution in [0.25, 0.3) is 11.1 Å². The molecule has 0 aliphatic rings. The Morgan fingerprint density at radius 3 is 2.10 bits per heavy atom. The highest BCUT2D eigenvalue weighted by Gasteiger charge is 2.16. The third-order valence-corrected chi connectivity index (χ3v) is 4.35. The Hall–Kier alpha value is -3.97. The number of rotatable bonds is 7. The van der Waals surface area contributed by atoms with Crippen molar-refractivity contribution in [2.24, 2.45) is 5.84 Å². The molecule has 0 aliphatic carbocycles. The van der Waals surface area contributed by atoms with Crippen LogP contribution in [0.3, 0.4) is 0 Å². The minimum atomic E-state index is 0.445. The lowest BCUT2D eigenvalue weighted by Gasteiger charge is -2.17. The predicted molar refractivity (Wildman–Crippen MR) is 117 cm³/mol. The van der Waals surface area contributed by atoms with Gasteiger partial charge in [0.05, 0.1) is 5.56 Å². The lowest BCUT2D eigenvalue weighted by molar-refractivity contribution is 1.07. The Balaban J connectivity index is 1.74. The first-order chi connectivity index (χ1) is 14.3. The highest BCUT2D eigenvalue weighted by Crippen LogP contribution is 2.34. The van der Waals surface area contributed by atoms with Gasteiger partial charge in [0, 0.05) is 24.6 Å². The Kier molecular flexibility index (Phi) is 5.59. The van der Waals surface area contributed by atoms with Crippen LogP contribution < -0.4 is 21.9 Å². The van der Waals surface area contributed by atoms with Gasteiger partial charge in [0.2, 0.25) is 5.95 Å². The predicted octanol–water partition coefficient (Wildman–Crippen LogP) is 4.18. The molecule has 29 heavy (non-hydrogen) atoms. The van der Waals surface area contributed by atoms with E-state index in [0.29, 0.717) is 24.1 Å². The van der Waals surface area contributed by atoms with E-state index in [1.54, 1.807) is 12.4 Å². The number of para-hydroxylation sites is 1. The number of hydrogen-bond acceptors (Lipinski definition) is 7. The van der Waals surface area contributed by atoms with Crippen LogP contribution in [0.2, 0.25) is 0 Å². The van der Waals surface area contributed by atoms with Gasteiger partial charge in [0.15, 0.2) is 5.82 Å². The summed E-state index contributed by atoms with van der Waals surface area (Å²) in [5.41, 5.74) is 6.47. The standard InChI is InChI=1S/C22H21N7/c23-29-21-19(17-7-3-1-4-8-17)20(25-15-16-11-13-24-14-12-16)27-22(28-21)26-18-9-5-2-6-10-18/h1-14H,15,23H2,(H3,25,26,27,28,29). The lowest BCUT2D eigenvalue weighted by Crippen LogP contribution is -2.14. The van der Waals surface area contributed by atoms with Crippen LogP contribution in [0.5, 0.6) is 0 Å². The quantitative estimate of drug-likeness (QED) is 0.280. The van der Waals surface area contributed by atoms with E-state index in [-0.39, 0.29) is 0 Å². The fourth-order valence-corrected chi connectivity index (χ4v) is 2.96. The number of hydrazine groups is 1. The summed E-state index contributed by atoms with van der Waals surface area (Å²) in [5, 5.41) is 6.64. The summed E-state index contributed by atoms with van der Waals surface area (Å²) in [4.78, 5) is 13.4. The van der Waals surface area contributed by atoms with Crippen molar-refractivity contribution in [2.45, 2.75) is 6.54 Å². The molecule has 2 aromatic heterocycles. The molecule has 4 rings (SSSR count). The van der Waals surface area contributed by atoms with E-state index in [2.05, 4.69) is 26.0 Å². The zero-order chi connectivity index (χ0) is 19.9. The molecular formula is C22H21N7. The number of hydrogen-bond donors (Lipinski definition) is 4. The van der Waals surface area contributed by atoms with Crippen molar-refractivity contribution in [2.75, 3.05) is 16.1 Å². The lowest BCUT2D eigenvalue weighted by atomic mass is 10.1. The van der Waals surface area contributed by atoms with Crippen LogP contribution in [0.4, 0.5) is 23.3 Å². The summed E-state index contributed by atoms with van der Waals surface area (Å²) >= 11 is 0. The van der Waals surface area contributed by atoms with Crippen molar-refractivity contribution < 1.29 is 0 Å². The number of anilines is 4. The second-order valence-corrected chi connectivity index (χ2v) is 6.33. The SMILES string of the molecule is NNc1nc(Nc2ccccc2)nc(NCc2ccncc2)c1-c1ccccc1. The molecular weight excluding hydrogens is 362 g/mol. The molecule has 0 aliphatic heterocycles. The van der Waals surface area contributed by atoms with Crippen molar-refractivity contribution in [1.82, 2.24) is 15.0 Å². The van der Waals surface area contributed by atoms with Crippen LogP contribution in [0, 0.1) is 0 Å². The van der Waals surface area contributed by atoms with Gasteiger partial charge in [-0.25, -0.2) is 5.84 Å². The van der Waals surface area contributed by atoms with Crippen molar-refractivity contribution >= 4 is 23.3 Å². The van der Waals surface area contributed by atoms with E-state index in [9.17, 15) is 0 Å². The van der Waals surface area contributed by atoms with E-state index >= 15 is 0 Å². The number of pyridine rings is 1. The molecule has 0 amide bonds. The van der Waals surface area contributed by atoms with E-state index in [4.69, 9.17) is 10.8 Å². The normalized spacial score (nSPS) is 10.4. The minimum absolute atomic E-state index is 0.445. The first kappa shape index (κ1) is 18.4. The highest BCUT2D eigenvalue weighted by molar-refractivity contribution is 5.85. The monoisotopic (exact) mass is 383 g/mol. The summed E-state index contributed by atoms with van der Waals surface area (Å²) in [6, 6.07) is 23.6. The second-order valence-electron chi connectivity index (χ2n) is 6.33. The molecule has 0 saturated heterocycles. The number of benzene rings is 2. The minimum Gasteiger partial charge on any atom is -0.365 e. The maximum absolute atomic E-state index is 5.82. The van der Waals surface area contributed by atoms with Gasteiger partial charge in [0.25, 0.3) is 0 Å². The summed E-state index contributed by atoms with van der Waals surface area (Å²) in [6.07, 6.45) is 3.54. The maximum atomic E-state index is 5.82. The molecule has 0 unspecified atom stereocenters. The van der Waals surface area contributed by atoms with Gasteiger partial charge >= 0.3 is 0 Å².